The van der Waals surface area contributed by atoms with E-state index < -0.39 is 5.54 Å². The van der Waals surface area contributed by atoms with Crippen molar-refractivity contribution < 1.29 is 0 Å². The van der Waals surface area contributed by atoms with Crippen LogP contribution in [0, 0.1) is 11.8 Å². The number of hydrogen-bond acceptors (Lipinski definition) is 3. The lowest BCUT2D eigenvalue weighted by Gasteiger charge is -2.44. The molecule has 5 aliphatic carbocycles. The topological polar surface area (TPSA) is 32.5 Å². The molecule has 4 unspecified atom stereocenters. The maximum atomic E-state index is 8.16. The average Bonchev–Trinajstić information content (AvgIpc) is 3.93. The van der Waals surface area contributed by atoms with E-state index in [-0.39, 0.29) is 11.8 Å². The van der Waals surface area contributed by atoms with Gasteiger partial charge in [0.25, 0.3) is 0 Å². The largest absolute Gasteiger partial charge is 0.317 e. The highest BCUT2D eigenvalue weighted by molar-refractivity contribution is 5.83. The van der Waals surface area contributed by atoms with E-state index in [0.717, 1.165) is 80.2 Å². The van der Waals surface area contributed by atoms with Crippen LogP contribution in [0.1, 0.15) is 61.8 Å². The first-order valence-corrected chi connectivity index (χ1v) is 21.5. The van der Waals surface area contributed by atoms with E-state index in [0.29, 0.717) is 12.3 Å². The zero-order valence-electron chi connectivity index (χ0n) is 35.9. The van der Waals surface area contributed by atoms with Crippen molar-refractivity contribution in [2.24, 2.45) is 17.6 Å². The van der Waals surface area contributed by atoms with Crippen LogP contribution in [0.15, 0.2) is 253 Å². The van der Waals surface area contributed by atoms with Gasteiger partial charge in [-0.05, 0) is 107 Å². The lowest BCUT2D eigenvalue weighted by atomic mass is 9.72. The SMILES string of the molecule is C=C/C(=C\C(N)(c1ccc2c(c1)C(/C=C\C=C/C)C2)C1C=C2C/C=C\C=C/C(=C)C2=C1)N1c2ccccc2C(=C)/C=C\C(=C)C2=C(CC=C2)N1C1=C(C)/C=C\C(C)/C=C/C=C1. The van der Waals surface area contributed by atoms with Gasteiger partial charge in [-0.2, -0.15) is 0 Å². The van der Waals surface area contributed by atoms with Crippen molar-refractivity contribution in [1.29, 1.82) is 0 Å². The molecule has 2 N–H and O–H groups in total. The fourth-order valence-electron chi connectivity index (χ4n) is 9.09. The Morgan fingerprint density at radius 2 is 1.66 bits per heavy atom. The predicted molar refractivity (Wildman–Crippen MR) is 261 cm³/mol. The van der Waals surface area contributed by atoms with E-state index >= 15 is 0 Å². The lowest BCUT2D eigenvalue weighted by Crippen LogP contribution is -2.45. The fourth-order valence-corrected chi connectivity index (χ4v) is 9.09. The number of nitrogens with two attached hydrogens (primary N) is 1. The molecule has 0 aromatic heterocycles. The van der Waals surface area contributed by atoms with Crippen LogP contribution in [0.3, 0.4) is 0 Å². The van der Waals surface area contributed by atoms with Gasteiger partial charge in [0.05, 0.1) is 28.3 Å². The van der Waals surface area contributed by atoms with Crippen LogP contribution < -0.4 is 10.7 Å². The summed E-state index contributed by atoms with van der Waals surface area (Å²) in [6.45, 7) is 24.7. The Morgan fingerprint density at radius 3 is 2.49 bits per heavy atom. The standard InChI is InChI=1S/C58H57N3/c1-8-10-12-22-45-35-47-33-34-48(37-54(45)47)58(59,49-36-46-23-14-11-13-21-41(4)53(46)38-49)39-50(9-2)60-56-27-18-16-24-51(56)42(5)31-32-43(6)52-25-19-28-57(52)61(60)55-26-17-15-20-40(3)29-30-44(55)7/h8-22,24-27,29-34,36-40,45,49H,2,4-6,23,28,35,59H2,1,3,7H3/b10-8-,14-11-,20-15+,21-13-,22-12-,26-17?,30-29-,32-31-,50-39+,55-44?. The molecular formula is C58H57N3. The van der Waals surface area contributed by atoms with Gasteiger partial charge >= 0.3 is 0 Å². The van der Waals surface area contributed by atoms with Crippen molar-refractivity contribution in [1.82, 2.24) is 5.01 Å². The molecule has 0 saturated heterocycles. The summed E-state index contributed by atoms with van der Waals surface area (Å²) in [5, 5.41) is 4.69. The molecule has 2 aromatic rings. The molecule has 61 heavy (non-hydrogen) atoms. The van der Waals surface area contributed by atoms with Gasteiger partial charge in [-0.1, -0.05) is 185 Å². The van der Waals surface area contributed by atoms with E-state index in [1.807, 2.05) is 6.08 Å². The Bertz CT molecular complexity index is 2640. The summed E-state index contributed by atoms with van der Waals surface area (Å²) >= 11 is 0. The Balaban J connectivity index is 1.42. The van der Waals surface area contributed by atoms with Crippen LogP contribution in [-0.2, 0) is 12.0 Å². The zero-order valence-corrected chi connectivity index (χ0v) is 35.9. The van der Waals surface area contributed by atoms with Crippen molar-refractivity contribution >= 4 is 11.3 Å². The number of hydrogen-bond donors (Lipinski definition) is 1. The minimum Gasteiger partial charge on any atom is -0.317 e. The molecule has 1 heterocycles. The molecule has 2 aromatic carbocycles. The summed E-state index contributed by atoms with van der Waals surface area (Å²) in [4.78, 5) is 0. The second kappa shape index (κ2) is 17.5. The van der Waals surface area contributed by atoms with Crippen LogP contribution >= 0.6 is 0 Å². The molecule has 8 rings (SSSR count). The van der Waals surface area contributed by atoms with Crippen molar-refractivity contribution in [3.8, 4) is 0 Å². The third-order valence-electron chi connectivity index (χ3n) is 12.6. The van der Waals surface area contributed by atoms with Gasteiger partial charge in [-0.15, -0.1) is 0 Å². The van der Waals surface area contributed by atoms with Crippen LogP contribution in [-0.4, -0.2) is 5.01 Å². The monoisotopic (exact) mass is 795 g/mol. The van der Waals surface area contributed by atoms with Crippen molar-refractivity contribution in [3.05, 3.63) is 275 Å². The fraction of sp³-hybridized carbons (Fsp3) is 0.172. The molecule has 6 aliphatic rings. The number of anilines is 1. The van der Waals surface area contributed by atoms with Gasteiger partial charge in [0.2, 0.25) is 0 Å². The van der Waals surface area contributed by atoms with Crippen LogP contribution in [0.4, 0.5) is 5.69 Å². The average molecular weight is 796 g/mol. The van der Waals surface area contributed by atoms with Crippen molar-refractivity contribution in [2.45, 2.75) is 51.5 Å². The highest BCUT2D eigenvalue weighted by Crippen LogP contribution is 2.47. The molecule has 304 valence electrons. The first-order valence-electron chi connectivity index (χ1n) is 21.5. The summed E-state index contributed by atoms with van der Waals surface area (Å²) in [5.74, 6) is 0.419. The number of allylic oxidation sites excluding steroid dienone is 26. The first kappa shape index (κ1) is 41.1. The van der Waals surface area contributed by atoms with Crippen LogP contribution in [0.2, 0.25) is 0 Å². The molecule has 0 amide bonds. The molecule has 0 spiro atoms. The van der Waals surface area contributed by atoms with E-state index in [2.05, 4.69) is 227 Å². The smallest absolute Gasteiger partial charge is 0.0718 e. The number of benzene rings is 2. The minimum absolute atomic E-state index is 0.190. The van der Waals surface area contributed by atoms with Gasteiger partial charge in [0.1, 0.15) is 0 Å². The summed E-state index contributed by atoms with van der Waals surface area (Å²) < 4.78 is 0. The van der Waals surface area contributed by atoms with Crippen molar-refractivity contribution in [2.75, 3.05) is 5.01 Å². The van der Waals surface area contributed by atoms with Crippen LogP contribution in [0.25, 0.3) is 5.57 Å². The third kappa shape index (κ3) is 8.02. The molecular weight excluding hydrogens is 739 g/mol. The Labute approximate surface area is 364 Å². The zero-order chi connectivity index (χ0) is 42.7. The van der Waals surface area contributed by atoms with Gasteiger partial charge in [0.15, 0.2) is 0 Å². The van der Waals surface area contributed by atoms with Gasteiger partial charge < -0.3 is 5.73 Å². The van der Waals surface area contributed by atoms with Crippen molar-refractivity contribution in [3.63, 3.8) is 0 Å². The summed E-state index contributed by atoms with van der Waals surface area (Å²) in [6, 6.07) is 15.4. The normalized spacial score (nSPS) is 26.1. The first-order chi connectivity index (χ1) is 29.6. The number of para-hydroxylation sites is 1. The van der Waals surface area contributed by atoms with Crippen LogP contribution in [0.5, 0.6) is 0 Å². The number of nitrogens with zero attached hydrogens (tertiary/aromatic N) is 2. The van der Waals surface area contributed by atoms with Gasteiger partial charge in [-0.25, -0.2) is 5.01 Å². The maximum absolute atomic E-state index is 8.16. The molecule has 3 heteroatoms. The Morgan fingerprint density at radius 1 is 0.836 bits per heavy atom. The second-order valence-electron chi connectivity index (χ2n) is 16.7. The lowest BCUT2D eigenvalue weighted by molar-refractivity contribution is 0.414. The second-order valence-corrected chi connectivity index (χ2v) is 16.7. The summed E-state index contributed by atoms with van der Waals surface area (Å²) in [6.07, 6.45) is 50.4. The van der Waals surface area contributed by atoms with E-state index in [9.17, 15) is 0 Å². The highest BCUT2D eigenvalue weighted by Gasteiger charge is 2.40. The molecule has 4 atom stereocenters. The molecule has 0 saturated carbocycles. The number of fused-ring (bicyclic) bond motifs is 3. The quantitative estimate of drug-likeness (QED) is 0.270. The minimum atomic E-state index is -1.02. The molecule has 0 radical (unpaired) electrons. The maximum Gasteiger partial charge on any atom is 0.0718 e. The summed E-state index contributed by atoms with van der Waals surface area (Å²) in [5.41, 5.74) is 23.2. The molecule has 1 aliphatic heterocycles. The van der Waals surface area contributed by atoms with E-state index in [1.165, 1.54) is 16.7 Å². The van der Waals surface area contributed by atoms with E-state index in [1.54, 1.807) is 0 Å². The molecule has 3 nitrogen and oxygen atoms in total. The number of hydrazine groups is 1. The van der Waals surface area contributed by atoms with E-state index in [4.69, 9.17) is 5.73 Å². The predicted octanol–water partition coefficient (Wildman–Crippen LogP) is 13.9. The highest BCUT2D eigenvalue weighted by atomic mass is 15.6. The third-order valence-corrected chi connectivity index (χ3v) is 12.6. The summed E-state index contributed by atoms with van der Waals surface area (Å²) in [7, 11) is 0. The molecule has 0 fully saturated rings. The van der Waals surface area contributed by atoms with Gasteiger partial charge in [-0.3, -0.25) is 5.01 Å². The molecule has 0 bridgehead atoms. The Hall–Kier alpha value is -6.68. The Kier molecular flexibility index (Phi) is 11.8. The van der Waals surface area contributed by atoms with Gasteiger partial charge in [0, 0.05) is 29.4 Å². The number of rotatable bonds is 8.